The zero-order valence-corrected chi connectivity index (χ0v) is 6.96. The average molecular weight is 188 g/mol. The molecule has 0 saturated carbocycles. The van der Waals surface area contributed by atoms with Gasteiger partial charge in [0.05, 0.1) is 9.76 Å². The first-order chi connectivity index (χ1) is 5.11. The van der Waals surface area contributed by atoms with Crippen LogP contribution in [0, 0.1) is 0 Å². The van der Waals surface area contributed by atoms with E-state index in [4.69, 9.17) is 0 Å². The maximum absolute atomic E-state index is 10.9. The van der Waals surface area contributed by atoms with E-state index in [1.807, 2.05) is 4.98 Å². The lowest BCUT2D eigenvalue weighted by molar-refractivity contribution is 1.03. The second kappa shape index (κ2) is 3.02. The predicted octanol–water partition coefficient (Wildman–Crippen LogP) is -0.331. The van der Waals surface area contributed by atoms with Crippen molar-refractivity contribution in [2.75, 3.05) is 0 Å². The zero-order valence-electron chi connectivity index (χ0n) is 5.25. The quantitative estimate of drug-likeness (QED) is 0.417. The normalized spacial score (nSPS) is 9.55. The summed E-state index contributed by atoms with van der Waals surface area (Å²) in [5, 5.41) is 0. The second-order valence-corrected chi connectivity index (χ2v) is 2.95. The molecule has 1 heterocycles. The molecule has 11 heavy (non-hydrogen) atoms. The van der Waals surface area contributed by atoms with E-state index in [1.165, 1.54) is 6.20 Å². The van der Waals surface area contributed by atoms with Crippen molar-refractivity contribution in [2.45, 2.75) is 0 Å². The van der Waals surface area contributed by atoms with E-state index in [0.717, 1.165) is 0 Å². The summed E-state index contributed by atoms with van der Waals surface area (Å²) < 4.78 is 0.155. The van der Waals surface area contributed by atoms with Crippen LogP contribution >= 0.6 is 24.8 Å². The molecule has 0 atom stereocenters. The van der Waals surface area contributed by atoms with Crippen molar-refractivity contribution in [3.8, 4) is 0 Å². The van der Waals surface area contributed by atoms with Crippen LogP contribution in [0.25, 0.3) is 0 Å². The van der Waals surface area contributed by atoms with E-state index in [9.17, 15) is 9.59 Å². The number of nitrogens with one attached hydrogen (secondary N) is 2. The Morgan fingerprint density at radius 1 is 1.55 bits per heavy atom. The van der Waals surface area contributed by atoms with Gasteiger partial charge in [-0.3, -0.25) is 9.78 Å². The predicted molar refractivity (Wildman–Crippen MR) is 48.4 cm³/mol. The molecule has 58 valence electrons. The monoisotopic (exact) mass is 188 g/mol. The first kappa shape index (κ1) is 8.22. The number of thiocarbonyl (C=S) groups is 1. The Morgan fingerprint density at radius 3 is 2.64 bits per heavy atom. The lowest BCUT2D eigenvalue weighted by Crippen LogP contribution is -2.25. The highest BCUT2D eigenvalue weighted by molar-refractivity contribution is 8.11. The molecule has 0 amide bonds. The fraction of sp³-hybridized carbons (Fsp3) is 0. The summed E-state index contributed by atoms with van der Waals surface area (Å²) in [4.78, 5) is 25.6. The number of aromatic amines is 2. The number of H-pyrrole nitrogens is 2. The van der Waals surface area contributed by atoms with Crippen molar-refractivity contribution in [2.24, 2.45) is 0 Å². The van der Waals surface area contributed by atoms with E-state index < -0.39 is 11.2 Å². The Kier molecular flexibility index (Phi) is 2.25. The molecule has 6 heteroatoms. The van der Waals surface area contributed by atoms with Crippen molar-refractivity contribution in [3.05, 3.63) is 32.6 Å². The topological polar surface area (TPSA) is 65.7 Å². The van der Waals surface area contributed by atoms with Crippen LogP contribution in [0.2, 0.25) is 0 Å². The summed E-state index contributed by atoms with van der Waals surface area (Å²) in [6.07, 6.45) is 1.23. The molecule has 1 aromatic heterocycles. The molecule has 0 fully saturated rings. The molecule has 4 nitrogen and oxygen atoms in total. The van der Waals surface area contributed by atoms with Gasteiger partial charge in [0.2, 0.25) is 0 Å². The minimum atomic E-state index is -0.552. The largest absolute Gasteiger partial charge is 0.325 e. The second-order valence-electron chi connectivity index (χ2n) is 1.79. The lowest BCUT2D eigenvalue weighted by atomic mass is 10.4. The Hall–Kier alpha value is -0.880. The van der Waals surface area contributed by atoms with Gasteiger partial charge in [0, 0.05) is 6.20 Å². The van der Waals surface area contributed by atoms with E-state index in [-0.39, 0.29) is 9.76 Å². The molecule has 0 radical (unpaired) electrons. The molecule has 0 saturated heterocycles. The van der Waals surface area contributed by atoms with Gasteiger partial charge in [-0.05, 0) is 0 Å². The number of hydrogen-bond donors (Lipinski definition) is 3. The Morgan fingerprint density at radius 2 is 2.18 bits per heavy atom. The van der Waals surface area contributed by atoms with Gasteiger partial charge >= 0.3 is 5.69 Å². The Bertz CT molecular complexity index is 392. The third kappa shape index (κ3) is 1.78. The molecule has 0 aromatic carbocycles. The first-order valence-electron chi connectivity index (χ1n) is 2.66. The third-order valence-electron chi connectivity index (χ3n) is 1.05. The minimum Gasteiger partial charge on any atom is -0.313 e. The molecule has 0 aliphatic heterocycles. The molecular formula is C5H4N2O2S2. The fourth-order valence-electron chi connectivity index (χ4n) is 0.569. The molecule has 2 N–H and O–H groups in total. The maximum atomic E-state index is 10.9. The lowest BCUT2D eigenvalue weighted by Gasteiger charge is -1.91. The van der Waals surface area contributed by atoms with Gasteiger partial charge in [0.1, 0.15) is 0 Å². The number of aromatic nitrogens is 2. The van der Waals surface area contributed by atoms with Gasteiger partial charge in [-0.1, -0.05) is 12.2 Å². The molecule has 0 spiro atoms. The van der Waals surface area contributed by atoms with Gasteiger partial charge < -0.3 is 4.98 Å². The van der Waals surface area contributed by atoms with Crippen molar-refractivity contribution in [1.82, 2.24) is 9.97 Å². The summed E-state index contributed by atoms with van der Waals surface area (Å²) in [5.74, 6) is 0. The van der Waals surface area contributed by atoms with Crippen molar-refractivity contribution < 1.29 is 0 Å². The molecule has 1 rings (SSSR count). The number of rotatable bonds is 1. The van der Waals surface area contributed by atoms with E-state index in [0.29, 0.717) is 0 Å². The maximum Gasteiger partial charge on any atom is 0.325 e. The molecule has 0 unspecified atom stereocenters. The molecule has 0 aliphatic carbocycles. The molecule has 0 aliphatic rings. The molecule has 0 bridgehead atoms. The third-order valence-corrected chi connectivity index (χ3v) is 1.51. The van der Waals surface area contributed by atoms with Crippen LogP contribution in [-0.4, -0.2) is 14.2 Å². The van der Waals surface area contributed by atoms with Gasteiger partial charge in [-0.25, -0.2) is 4.79 Å². The van der Waals surface area contributed by atoms with Gasteiger partial charge in [-0.2, -0.15) is 0 Å². The summed E-state index contributed by atoms with van der Waals surface area (Å²) in [7, 11) is 0. The number of thiol groups is 1. The number of hydrogen-bond acceptors (Lipinski definition) is 3. The van der Waals surface area contributed by atoms with Crippen molar-refractivity contribution >= 4 is 29.0 Å². The van der Waals surface area contributed by atoms with Crippen LogP contribution in [0.1, 0.15) is 5.56 Å². The summed E-state index contributed by atoms with van der Waals surface area (Å²) in [6, 6.07) is 0. The SMILES string of the molecule is O=c1[nH]cc(C(=S)S)c(=O)[nH]1. The van der Waals surface area contributed by atoms with E-state index >= 15 is 0 Å². The van der Waals surface area contributed by atoms with Gasteiger partial charge in [0.15, 0.2) is 0 Å². The highest BCUT2D eigenvalue weighted by Gasteiger charge is 2.00. The standard InChI is InChI=1S/C5H4N2O2S2/c8-3-2(4(10)11)1-6-5(9)7-3/h1H,(H,10,11)(H2,6,7,8,9). The Balaban J connectivity index is 3.43. The molecule has 1 aromatic rings. The summed E-state index contributed by atoms with van der Waals surface area (Å²) in [5.41, 5.74) is -0.875. The highest BCUT2D eigenvalue weighted by atomic mass is 32.1. The van der Waals surface area contributed by atoms with Crippen LogP contribution < -0.4 is 11.2 Å². The van der Waals surface area contributed by atoms with Crippen LogP contribution in [0.3, 0.4) is 0 Å². The summed E-state index contributed by atoms with van der Waals surface area (Å²) >= 11 is 8.40. The van der Waals surface area contributed by atoms with Crippen LogP contribution in [-0.2, 0) is 0 Å². The molecular weight excluding hydrogens is 184 g/mol. The van der Waals surface area contributed by atoms with Crippen LogP contribution in [0.15, 0.2) is 15.8 Å². The smallest absolute Gasteiger partial charge is 0.313 e. The minimum absolute atomic E-state index is 0.155. The van der Waals surface area contributed by atoms with Crippen molar-refractivity contribution in [3.63, 3.8) is 0 Å². The van der Waals surface area contributed by atoms with E-state index in [1.54, 1.807) is 0 Å². The highest BCUT2D eigenvalue weighted by Crippen LogP contribution is 1.93. The Labute approximate surface area is 72.1 Å². The van der Waals surface area contributed by atoms with E-state index in [2.05, 4.69) is 29.8 Å². The van der Waals surface area contributed by atoms with Crippen molar-refractivity contribution in [1.29, 1.82) is 0 Å². The fourth-order valence-corrected chi connectivity index (χ4v) is 0.886. The van der Waals surface area contributed by atoms with Gasteiger partial charge in [-0.15, -0.1) is 12.6 Å². The first-order valence-corrected chi connectivity index (χ1v) is 3.52. The zero-order chi connectivity index (χ0) is 8.43. The van der Waals surface area contributed by atoms with Crippen LogP contribution in [0.5, 0.6) is 0 Å². The average Bonchev–Trinajstić information content (AvgIpc) is 1.85. The van der Waals surface area contributed by atoms with Crippen LogP contribution in [0.4, 0.5) is 0 Å². The summed E-state index contributed by atoms with van der Waals surface area (Å²) in [6.45, 7) is 0. The van der Waals surface area contributed by atoms with Gasteiger partial charge in [0.25, 0.3) is 5.56 Å².